The van der Waals surface area contributed by atoms with Gasteiger partial charge in [-0.1, -0.05) is 22.5 Å². The van der Waals surface area contributed by atoms with E-state index in [4.69, 9.17) is 9.84 Å². The topological polar surface area (TPSA) is 63.6 Å². The predicted molar refractivity (Wildman–Crippen MR) is 55.4 cm³/mol. The number of halogens is 1. The molecule has 0 radical (unpaired) electrons. The summed E-state index contributed by atoms with van der Waals surface area (Å²) in [4.78, 5) is 20.9. The summed E-state index contributed by atoms with van der Waals surface area (Å²) >= 11 is 3.06. The Labute approximate surface area is 91.1 Å². The first-order valence-corrected chi connectivity index (χ1v) is 5.08. The fourth-order valence-corrected chi connectivity index (χ4v) is 0.812. The summed E-state index contributed by atoms with van der Waals surface area (Å²) in [7, 11) is 0. The summed E-state index contributed by atoms with van der Waals surface area (Å²) < 4.78 is 4.81. The van der Waals surface area contributed by atoms with Gasteiger partial charge in [0.2, 0.25) is 0 Å². The summed E-state index contributed by atoms with van der Waals surface area (Å²) in [5, 5.41) is 8.46. The van der Waals surface area contributed by atoms with Crippen LogP contribution in [-0.2, 0) is 14.3 Å². The molecule has 0 aliphatic carbocycles. The number of esters is 1. The molecule has 0 aromatic carbocycles. The molecule has 0 spiro atoms. The molecule has 4 nitrogen and oxygen atoms in total. The van der Waals surface area contributed by atoms with Crippen LogP contribution in [0.25, 0.3) is 0 Å². The van der Waals surface area contributed by atoms with E-state index in [1.165, 1.54) is 0 Å². The van der Waals surface area contributed by atoms with E-state index in [9.17, 15) is 9.59 Å². The van der Waals surface area contributed by atoms with Gasteiger partial charge < -0.3 is 9.84 Å². The Balaban J connectivity index is 3.52. The van der Waals surface area contributed by atoms with Crippen LogP contribution in [0.4, 0.5) is 0 Å². The molecule has 0 rings (SSSR count). The van der Waals surface area contributed by atoms with Crippen LogP contribution in [-0.4, -0.2) is 28.5 Å². The normalized spacial score (nSPS) is 11.9. The second-order valence-electron chi connectivity index (χ2n) is 2.80. The molecule has 0 fully saturated rings. The quantitative estimate of drug-likeness (QED) is 0.344. The Morgan fingerprint density at radius 2 is 2.14 bits per heavy atom. The van der Waals surface area contributed by atoms with Gasteiger partial charge in [0.15, 0.2) is 0 Å². The van der Waals surface area contributed by atoms with Gasteiger partial charge >= 0.3 is 11.9 Å². The van der Waals surface area contributed by atoms with Crippen molar-refractivity contribution in [1.82, 2.24) is 0 Å². The number of alkyl halides is 1. The van der Waals surface area contributed by atoms with E-state index < -0.39 is 5.97 Å². The molecule has 0 heterocycles. The van der Waals surface area contributed by atoms with E-state index in [0.29, 0.717) is 12.8 Å². The summed E-state index contributed by atoms with van der Waals surface area (Å²) in [5.41, 5.74) is 0.132. The second kappa shape index (κ2) is 6.59. The van der Waals surface area contributed by atoms with Gasteiger partial charge in [0.05, 0.1) is 6.61 Å². The molecule has 0 amide bonds. The smallest absolute Gasteiger partial charge is 0.330 e. The summed E-state index contributed by atoms with van der Waals surface area (Å²) in [5.74, 6) is -1.35. The predicted octanol–water partition coefficient (Wildman–Crippen LogP) is 1.73. The van der Waals surface area contributed by atoms with Crippen molar-refractivity contribution < 1.29 is 19.4 Å². The zero-order valence-electron chi connectivity index (χ0n) is 7.96. The lowest BCUT2D eigenvalue weighted by Gasteiger charge is -2.05. The average molecular weight is 265 g/mol. The van der Waals surface area contributed by atoms with Gasteiger partial charge in [-0.25, -0.2) is 4.79 Å². The Morgan fingerprint density at radius 1 is 1.57 bits per heavy atom. The molecule has 80 valence electrons. The summed E-state index contributed by atoms with van der Waals surface area (Å²) in [6.45, 7) is 5.25. The van der Waals surface area contributed by atoms with Crippen molar-refractivity contribution in [2.75, 3.05) is 6.61 Å². The Morgan fingerprint density at radius 3 is 2.57 bits per heavy atom. The third-order valence-corrected chi connectivity index (χ3v) is 1.87. The number of carboxylic acid groups (broad SMARTS) is 1. The van der Waals surface area contributed by atoms with E-state index in [2.05, 4.69) is 22.5 Å². The fraction of sp³-hybridized carbons (Fsp3) is 0.556. The van der Waals surface area contributed by atoms with Crippen molar-refractivity contribution in [3.05, 3.63) is 12.2 Å². The zero-order valence-corrected chi connectivity index (χ0v) is 9.54. The maximum Gasteiger partial charge on any atom is 0.330 e. The molecule has 0 aromatic rings. The van der Waals surface area contributed by atoms with Crippen LogP contribution in [0.3, 0.4) is 0 Å². The molecule has 0 aliphatic heterocycles. The average Bonchev–Trinajstić information content (AvgIpc) is 2.11. The molecule has 0 bridgehead atoms. The van der Waals surface area contributed by atoms with Crippen LogP contribution in [0.1, 0.15) is 19.8 Å². The SMILES string of the molecule is C=C(CCCOC(=O)C(C)Br)C(=O)O. The van der Waals surface area contributed by atoms with Crippen molar-refractivity contribution >= 4 is 27.9 Å². The maximum absolute atomic E-state index is 10.9. The minimum absolute atomic E-state index is 0.132. The Hall–Kier alpha value is -0.840. The highest BCUT2D eigenvalue weighted by Crippen LogP contribution is 2.04. The van der Waals surface area contributed by atoms with Gasteiger partial charge in [0.1, 0.15) is 4.83 Å². The number of hydrogen-bond acceptors (Lipinski definition) is 3. The van der Waals surface area contributed by atoms with E-state index >= 15 is 0 Å². The zero-order chi connectivity index (χ0) is 11.1. The number of ether oxygens (including phenoxy) is 1. The Kier molecular flexibility index (Phi) is 6.19. The van der Waals surface area contributed by atoms with E-state index in [-0.39, 0.29) is 23.0 Å². The molecular weight excluding hydrogens is 252 g/mol. The monoisotopic (exact) mass is 264 g/mol. The van der Waals surface area contributed by atoms with E-state index in [1.54, 1.807) is 6.92 Å². The molecular formula is C9H13BrO4. The highest BCUT2D eigenvalue weighted by Gasteiger charge is 2.09. The first-order valence-electron chi connectivity index (χ1n) is 4.17. The van der Waals surface area contributed by atoms with Gasteiger partial charge in [-0.15, -0.1) is 0 Å². The molecule has 5 heteroatoms. The number of carbonyl (C=O) groups excluding carboxylic acids is 1. The molecule has 0 aromatic heterocycles. The number of carbonyl (C=O) groups is 2. The van der Waals surface area contributed by atoms with Gasteiger partial charge in [0, 0.05) is 5.57 Å². The number of rotatable bonds is 6. The van der Waals surface area contributed by atoms with Crippen molar-refractivity contribution in [2.45, 2.75) is 24.6 Å². The summed E-state index contributed by atoms with van der Waals surface area (Å²) in [6.07, 6.45) is 0.815. The summed E-state index contributed by atoms with van der Waals surface area (Å²) in [6, 6.07) is 0. The van der Waals surface area contributed by atoms with Crippen LogP contribution >= 0.6 is 15.9 Å². The van der Waals surface area contributed by atoms with Crippen molar-refractivity contribution in [2.24, 2.45) is 0 Å². The van der Waals surface area contributed by atoms with Gasteiger partial charge in [-0.3, -0.25) is 4.79 Å². The first kappa shape index (κ1) is 13.2. The van der Waals surface area contributed by atoms with E-state index in [0.717, 1.165) is 0 Å². The lowest BCUT2D eigenvalue weighted by molar-refractivity contribution is -0.142. The molecule has 0 saturated carbocycles. The van der Waals surface area contributed by atoms with E-state index in [1.807, 2.05) is 0 Å². The van der Waals surface area contributed by atoms with Crippen LogP contribution in [0, 0.1) is 0 Å². The molecule has 1 unspecified atom stereocenters. The Bertz CT molecular complexity index is 235. The van der Waals surface area contributed by atoms with Gasteiger partial charge in [-0.2, -0.15) is 0 Å². The molecule has 14 heavy (non-hydrogen) atoms. The van der Waals surface area contributed by atoms with Crippen LogP contribution in [0.5, 0.6) is 0 Å². The molecule has 0 saturated heterocycles. The first-order chi connectivity index (χ1) is 6.45. The minimum atomic E-state index is -1.01. The highest BCUT2D eigenvalue weighted by molar-refractivity contribution is 9.10. The lowest BCUT2D eigenvalue weighted by Crippen LogP contribution is -2.14. The lowest BCUT2D eigenvalue weighted by atomic mass is 10.2. The van der Waals surface area contributed by atoms with Crippen molar-refractivity contribution in [1.29, 1.82) is 0 Å². The highest BCUT2D eigenvalue weighted by atomic mass is 79.9. The standard InChI is InChI=1S/C9H13BrO4/c1-6(8(11)12)4-3-5-14-9(13)7(2)10/h7H,1,3-5H2,2H3,(H,11,12). The molecule has 1 N–H and O–H groups in total. The largest absolute Gasteiger partial charge is 0.478 e. The molecule has 0 aliphatic rings. The minimum Gasteiger partial charge on any atom is -0.478 e. The van der Waals surface area contributed by atoms with Crippen LogP contribution in [0.2, 0.25) is 0 Å². The van der Waals surface area contributed by atoms with Crippen LogP contribution in [0.15, 0.2) is 12.2 Å². The van der Waals surface area contributed by atoms with Crippen LogP contribution < -0.4 is 0 Å². The third kappa shape index (κ3) is 5.75. The number of hydrogen-bond donors (Lipinski definition) is 1. The number of aliphatic carboxylic acids is 1. The molecule has 1 atom stereocenters. The third-order valence-electron chi connectivity index (χ3n) is 1.49. The fourth-order valence-electron chi connectivity index (χ4n) is 0.680. The maximum atomic E-state index is 10.9. The van der Waals surface area contributed by atoms with Crippen molar-refractivity contribution in [3.8, 4) is 0 Å². The van der Waals surface area contributed by atoms with Gasteiger partial charge in [0.25, 0.3) is 0 Å². The van der Waals surface area contributed by atoms with Gasteiger partial charge in [-0.05, 0) is 19.8 Å². The number of carboxylic acids is 1. The second-order valence-corrected chi connectivity index (χ2v) is 4.17. The van der Waals surface area contributed by atoms with Crippen molar-refractivity contribution in [3.63, 3.8) is 0 Å².